The van der Waals surface area contributed by atoms with E-state index in [1.807, 2.05) is 0 Å². The van der Waals surface area contributed by atoms with E-state index in [1.165, 1.54) is 11.1 Å². The van der Waals surface area contributed by atoms with Gasteiger partial charge in [-0.05, 0) is 6.92 Å². The Hall–Kier alpha value is -2.18. The van der Waals surface area contributed by atoms with Crippen molar-refractivity contribution in [3.8, 4) is 0 Å². The summed E-state index contributed by atoms with van der Waals surface area (Å²) in [4.78, 5) is 41.8. The van der Waals surface area contributed by atoms with Crippen molar-refractivity contribution in [3.05, 3.63) is 28.4 Å². The van der Waals surface area contributed by atoms with Gasteiger partial charge in [0.25, 0.3) is 11.5 Å². The molecule has 1 aromatic rings. The van der Waals surface area contributed by atoms with Crippen LogP contribution in [0.3, 0.4) is 0 Å². The number of amides is 2. The molecule has 7 heteroatoms. The highest BCUT2D eigenvalue weighted by Crippen LogP contribution is 2.07. The van der Waals surface area contributed by atoms with Gasteiger partial charge in [-0.25, -0.2) is 4.98 Å². The normalized spacial score (nSPS) is 19.9. The van der Waals surface area contributed by atoms with Crippen LogP contribution in [0.25, 0.3) is 0 Å². The number of nitrogens with one attached hydrogen (secondary N) is 2. The van der Waals surface area contributed by atoms with Gasteiger partial charge in [0, 0.05) is 19.3 Å². The first kappa shape index (κ1) is 11.3. The van der Waals surface area contributed by atoms with Crippen molar-refractivity contribution < 1.29 is 9.59 Å². The maximum atomic E-state index is 12.0. The van der Waals surface area contributed by atoms with Crippen molar-refractivity contribution in [2.75, 3.05) is 13.1 Å². The molecule has 1 aliphatic rings. The first-order chi connectivity index (χ1) is 8.09. The first-order valence-corrected chi connectivity index (χ1v) is 5.23. The Balaban J connectivity index is 2.22. The van der Waals surface area contributed by atoms with Crippen LogP contribution in [0.1, 0.15) is 17.4 Å². The van der Waals surface area contributed by atoms with E-state index in [0.29, 0.717) is 13.1 Å². The molecule has 90 valence electrons. The van der Waals surface area contributed by atoms with Crippen LogP contribution in [-0.4, -0.2) is 45.8 Å². The van der Waals surface area contributed by atoms with E-state index in [9.17, 15) is 14.4 Å². The summed E-state index contributed by atoms with van der Waals surface area (Å²) in [5, 5.41) is 2.67. The molecule has 2 rings (SSSR count). The van der Waals surface area contributed by atoms with Crippen molar-refractivity contribution in [1.82, 2.24) is 20.2 Å². The van der Waals surface area contributed by atoms with Crippen molar-refractivity contribution in [2.45, 2.75) is 13.0 Å². The van der Waals surface area contributed by atoms with Crippen LogP contribution in [0.2, 0.25) is 0 Å². The Morgan fingerprint density at radius 2 is 2.29 bits per heavy atom. The molecule has 2 amide bonds. The monoisotopic (exact) mass is 236 g/mol. The van der Waals surface area contributed by atoms with Crippen LogP contribution in [0.4, 0.5) is 0 Å². The molecule has 0 aliphatic carbocycles. The first-order valence-electron chi connectivity index (χ1n) is 5.23. The van der Waals surface area contributed by atoms with Gasteiger partial charge >= 0.3 is 0 Å². The van der Waals surface area contributed by atoms with E-state index < -0.39 is 6.04 Å². The van der Waals surface area contributed by atoms with Crippen LogP contribution in [0.5, 0.6) is 0 Å². The fourth-order valence-corrected chi connectivity index (χ4v) is 1.67. The summed E-state index contributed by atoms with van der Waals surface area (Å²) in [6.07, 6.45) is 2.30. The maximum absolute atomic E-state index is 12.0. The van der Waals surface area contributed by atoms with Gasteiger partial charge in [0.1, 0.15) is 11.7 Å². The Morgan fingerprint density at radius 1 is 1.53 bits per heavy atom. The highest BCUT2D eigenvalue weighted by atomic mass is 16.2. The van der Waals surface area contributed by atoms with E-state index in [0.717, 1.165) is 6.20 Å². The van der Waals surface area contributed by atoms with Crippen molar-refractivity contribution in [2.24, 2.45) is 0 Å². The minimum absolute atomic E-state index is 0.131. The average molecular weight is 236 g/mol. The van der Waals surface area contributed by atoms with E-state index >= 15 is 0 Å². The van der Waals surface area contributed by atoms with Crippen molar-refractivity contribution in [1.29, 1.82) is 0 Å². The summed E-state index contributed by atoms with van der Waals surface area (Å²) in [5.41, 5.74) is -0.239. The molecule has 0 bridgehead atoms. The fraction of sp³-hybridized carbons (Fsp3) is 0.400. The minimum atomic E-state index is -0.523. The largest absolute Gasteiger partial charge is 0.353 e. The predicted octanol–water partition coefficient (Wildman–Crippen LogP) is -1.27. The van der Waals surface area contributed by atoms with Crippen LogP contribution in [0.15, 0.2) is 17.2 Å². The van der Waals surface area contributed by atoms with Crippen LogP contribution < -0.4 is 10.9 Å². The number of aromatic amines is 1. The molecule has 7 nitrogen and oxygen atoms in total. The van der Waals surface area contributed by atoms with Crippen molar-refractivity contribution >= 4 is 11.8 Å². The zero-order valence-electron chi connectivity index (χ0n) is 9.27. The third-order valence-corrected chi connectivity index (χ3v) is 2.65. The molecule has 1 unspecified atom stereocenters. The number of piperazine rings is 1. The summed E-state index contributed by atoms with van der Waals surface area (Å²) in [7, 11) is 0. The number of hydrogen-bond donors (Lipinski definition) is 2. The molecule has 0 saturated carbocycles. The molecule has 1 fully saturated rings. The predicted molar refractivity (Wildman–Crippen MR) is 58.4 cm³/mol. The number of carbonyl (C=O) groups excluding carboxylic acids is 2. The molecule has 1 aliphatic heterocycles. The number of carbonyl (C=O) groups is 2. The maximum Gasteiger partial charge on any atom is 0.274 e. The van der Waals surface area contributed by atoms with Gasteiger partial charge in [-0.1, -0.05) is 0 Å². The van der Waals surface area contributed by atoms with Gasteiger partial charge in [-0.2, -0.15) is 0 Å². The number of hydrogen-bond acceptors (Lipinski definition) is 4. The Kier molecular flexibility index (Phi) is 2.90. The van der Waals surface area contributed by atoms with E-state index in [1.54, 1.807) is 6.92 Å². The van der Waals surface area contributed by atoms with Crippen LogP contribution in [-0.2, 0) is 4.79 Å². The molecule has 1 aromatic heterocycles. The summed E-state index contributed by atoms with van der Waals surface area (Å²) in [5.74, 6) is -0.544. The summed E-state index contributed by atoms with van der Waals surface area (Å²) >= 11 is 0. The molecule has 0 aromatic carbocycles. The lowest BCUT2D eigenvalue weighted by Crippen LogP contribution is -2.56. The minimum Gasteiger partial charge on any atom is -0.353 e. The lowest BCUT2D eigenvalue weighted by molar-refractivity contribution is -0.127. The van der Waals surface area contributed by atoms with E-state index in [2.05, 4.69) is 15.3 Å². The summed E-state index contributed by atoms with van der Waals surface area (Å²) in [6, 6.07) is -0.523. The molecule has 0 radical (unpaired) electrons. The zero-order valence-corrected chi connectivity index (χ0v) is 9.27. The lowest BCUT2D eigenvalue weighted by atomic mass is 10.2. The number of aromatic nitrogens is 2. The molecule has 1 saturated heterocycles. The molecular formula is C10H12N4O3. The van der Waals surface area contributed by atoms with Gasteiger partial charge in [-0.15, -0.1) is 0 Å². The fourth-order valence-electron chi connectivity index (χ4n) is 1.67. The second-order valence-electron chi connectivity index (χ2n) is 3.76. The second kappa shape index (κ2) is 4.36. The third-order valence-electron chi connectivity index (χ3n) is 2.65. The molecule has 1 atom stereocenters. The van der Waals surface area contributed by atoms with Gasteiger partial charge in [0.15, 0.2) is 0 Å². The Bertz CT molecular complexity index is 490. The van der Waals surface area contributed by atoms with Crippen molar-refractivity contribution in [3.63, 3.8) is 0 Å². The Labute approximate surface area is 96.8 Å². The molecule has 2 heterocycles. The number of rotatable bonds is 1. The van der Waals surface area contributed by atoms with Gasteiger partial charge in [-0.3, -0.25) is 14.4 Å². The van der Waals surface area contributed by atoms with E-state index in [4.69, 9.17) is 0 Å². The van der Waals surface area contributed by atoms with Gasteiger partial charge < -0.3 is 15.2 Å². The van der Waals surface area contributed by atoms with Crippen LogP contribution >= 0.6 is 0 Å². The molecule has 0 spiro atoms. The average Bonchev–Trinajstić information content (AvgIpc) is 2.33. The molecule has 2 N–H and O–H groups in total. The standard InChI is InChI=1S/C10H12N4O3/c1-6-9(16)11-2-3-14(6)10(17)7-4-13-8(15)5-12-7/h4-6H,2-3H2,1H3,(H,11,16)(H,13,15). The van der Waals surface area contributed by atoms with Gasteiger partial charge in [0.2, 0.25) is 5.91 Å². The van der Waals surface area contributed by atoms with E-state index in [-0.39, 0.29) is 23.1 Å². The summed E-state index contributed by atoms with van der Waals surface area (Å²) < 4.78 is 0. The quantitative estimate of drug-likeness (QED) is 0.635. The molecular weight excluding hydrogens is 224 g/mol. The van der Waals surface area contributed by atoms with Gasteiger partial charge in [0.05, 0.1) is 6.20 Å². The highest BCUT2D eigenvalue weighted by molar-refractivity contribution is 5.96. The van der Waals surface area contributed by atoms with Crippen LogP contribution in [0, 0.1) is 0 Å². The third kappa shape index (κ3) is 2.17. The second-order valence-corrected chi connectivity index (χ2v) is 3.76. The lowest BCUT2D eigenvalue weighted by Gasteiger charge is -2.32. The topological polar surface area (TPSA) is 95.2 Å². The SMILES string of the molecule is CC1C(=O)NCCN1C(=O)c1c[nH]c(=O)cn1. The highest BCUT2D eigenvalue weighted by Gasteiger charge is 2.30. The summed E-state index contributed by atoms with van der Waals surface area (Å²) in [6.45, 7) is 2.52. The number of H-pyrrole nitrogens is 1. The molecule has 17 heavy (non-hydrogen) atoms. The number of nitrogens with zero attached hydrogens (tertiary/aromatic N) is 2. The Morgan fingerprint density at radius 3 is 2.94 bits per heavy atom. The smallest absolute Gasteiger partial charge is 0.274 e. The zero-order chi connectivity index (χ0) is 12.4.